The predicted molar refractivity (Wildman–Crippen MR) is 114 cm³/mol. The largest absolute Gasteiger partial charge is 0.262 e. The first kappa shape index (κ1) is 19.4. The number of hydrogen-bond acceptors (Lipinski definition) is 8. The second-order valence-corrected chi connectivity index (χ2v) is 8.15. The van der Waals surface area contributed by atoms with Crippen LogP contribution in [0, 0.1) is 6.92 Å². The number of benzene rings is 1. The number of aromatic amines is 1. The summed E-state index contributed by atoms with van der Waals surface area (Å²) in [5.41, 5.74) is 3.80. The Morgan fingerprint density at radius 1 is 1.14 bits per heavy atom. The van der Waals surface area contributed by atoms with Crippen molar-refractivity contribution < 1.29 is 0 Å². The summed E-state index contributed by atoms with van der Waals surface area (Å²) in [7, 11) is 0. The molecule has 0 unspecified atom stereocenters. The molecule has 29 heavy (non-hydrogen) atoms. The van der Waals surface area contributed by atoms with E-state index in [1.165, 1.54) is 11.3 Å². The molecule has 1 aromatic carbocycles. The molecular formula is C19H19ClN8S. The van der Waals surface area contributed by atoms with Crippen LogP contribution >= 0.6 is 22.9 Å². The number of H-pyrrole nitrogens is 1. The minimum Gasteiger partial charge on any atom is -0.262 e. The van der Waals surface area contributed by atoms with E-state index in [2.05, 4.69) is 32.5 Å². The van der Waals surface area contributed by atoms with Crippen molar-refractivity contribution in [2.45, 2.75) is 26.7 Å². The zero-order chi connectivity index (χ0) is 20.4. The first-order chi connectivity index (χ1) is 14.0. The molecule has 10 heteroatoms. The van der Waals surface area contributed by atoms with Crippen molar-refractivity contribution in [1.82, 2.24) is 30.6 Å². The molecule has 0 atom stereocenters. The van der Waals surface area contributed by atoms with Crippen LogP contribution in [0.2, 0.25) is 4.34 Å². The highest BCUT2D eigenvalue weighted by atomic mass is 35.5. The highest BCUT2D eigenvalue weighted by Crippen LogP contribution is 2.33. The molecule has 0 aliphatic heterocycles. The molecule has 4 rings (SSSR count). The first-order valence-electron chi connectivity index (χ1n) is 9.04. The first-order valence-corrected chi connectivity index (χ1v) is 10.2. The van der Waals surface area contributed by atoms with Gasteiger partial charge in [0.15, 0.2) is 17.5 Å². The fourth-order valence-corrected chi connectivity index (χ4v) is 4.05. The van der Waals surface area contributed by atoms with E-state index in [1.807, 2.05) is 43.3 Å². The molecule has 3 aromatic heterocycles. The monoisotopic (exact) mass is 426 g/mol. The number of thiophene rings is 1. The Morgan fingerprint density at radius 2 is 1.93 bits per heavy atom. The molecule has 148 valence electrons. The number of tetrazole rings is 1. The molecule has 0 bridgehead atoms. The minimum atomic E-state index is 0.595. The van der Waals surface area contributed by atoms with E-state index >= 15 is 0 Å². The lowest BCUT2D eigenvalue weighted by atomic mass is 10.1. The summed E-state index contributed by atoms with van der Waals surface area (Å²) in [6.07, 6.45) is 1.37. The van der Waals surface area contributed by atoms with Crippen LogP contribution < -0.4 is 10.9 Å². The maximum atomic E-state index is 6.48. The lowest BCUT2D eigenvalue weighted by Crippen LogP contribution is -2.28. The number of rotatable bonds is 6. The number of aromatic nitrogens is 6. The Hall–Kier alpha value is -2.88. The number of hydrazine groups is 1. The Kier molecular flexibility index (Phi) is 5.52. The average molecular weight is 427 g/mol. The number of nitrogens with zero attached hydrogens (tertiary/aromatic N) is 6. The van der Waals surface area contributed by atoms with Gasteiger partial charge in [-0.05, 0) is 43.2 Å². The second kappa shape index (κ2) is 8.24. The zero-order valence-electron chi connectivity index (χ0n) is 15.9. The molecule has 8 nitrogen and oxygen atoms in total. The number of halogens is 1. The van der Waals surface area contributed by atoms with Gasteiger partial charge in [-0.2, -0.15) is 5.21 Å². The minimum absolute atomic E-state index is 0.595. The topological polar surface area (TPSA) is 110 Å². The summed E-state index contributed by atoms with van der Waals surface area (Å²) >= 11 is 7.53. The summed E-state index contributed by atoms with van der Waals surface area (Å²) < 4.78 is 0.698. The number of nitrogens with one attached hydrogen (secondary N) is 1. The number of hydrogen-bond donors (Lipinski definition) is 2. The normalized spacial score (nSPS) is 11.0. The second-order valence-electron chi connectivity index (χ2n) is 6.43. The number of nitrogens with two attached hydrogens (primary N) is 1. The van der Waals surface area contributed by atoms with Gasteiger partial charge in [0.05, 0.1) is 14.9 Å². The van der Waals surface area contributed by atoms with Gasteiger partial charge in [-0.1, -0.05) is 35.9 Å². The highest BCUT2D eigenvalue weighted by molar-refractivity contribution is 7.19. The quantitative estimate of drug-likeness (QED) is 0.356. The van der Waals surface area contributed by atoms with Crippen LogP contribution in [-0.4, -0.2) is 30.6 Å². The molecular weight excluding hydrogens is 408 g/mol. The fraction of sp³-hybridized carbons (Fsp3) is 0.211. The van der Waals surface area contributed by atoms with Crippen LogP contribution in [-0.2, 0) is 12.8 Å². The van der Waals surface area contributed by atoms with Gasteiger partial charge in [-0.3, -0.25) is 5.01 Å². The van der Waals surface area contributed by atoms with Gasteiger partial charge in [-0.15, -0.1) is 21.5 Å². The molecule has 0 saturated carbocycles. The molecule has 0 radical (unpaired) electrons. The van der Waals surface area contributed by atoms with Crippen molar-refractivity contribution in [1.29, 1.82) is 0 Å². The van der Waals surface area contributed by atoms with Crippen LogP contribution in [0.1, 0.15) is 29.6 Å². The van der Waals surface area contributed by atoms with Gasteiger partial charge >= 0.3 is 0 Å². The summed E-state index contributed by atoms with van der Waals surface area (Å²) in [4.78, 5) is 10.3. The van der Waals surface area contributed by atoms with E-state index in [1.54, 1.807) is 5.01 Å². The van der Waals surface area contributed by atoms with Gasteiger partial charge in [-0.25, -0.2) is 15.8 Å². The molecule has 3 N–H and O–H groups in total. The maximum absolute atomic E-state index is 6.48. The van der Waals surface area contributed by atoms with Gasteiger partial charge in [0.2, 0.25) is 0 Å². The maximum Gasteiger partial charge on any atom is 0.178 e. The summed E-state index contributed by atoms with van der Waals surface area (Å²) in [6.45, 7) is 4.04. The number of aryl methyl sites for hydroxylation is 1. The molecule has 0 saturated heterocycles. The van der Waals surface area contributed by atoms with Crippen molar-refractivity contribution >= 4 is 34.4 Å². The molecule has 4 aromatic rings. The Balaban J connectivity index is 1.66. The Bertz CT molecular complexity index is 1110. The van der Waals surface area contributed by atoms with E-state index in [-0.39, 0.29) is 0 Å². The van der Waals surface area contributed by atoms with Gasteiger partial charge in [0.1, 0.15) is 0 Å². The fourth-order valence-electron chi connectivity index (χ4n) is 3.08. The Morgan fingerprint density at radius 3 is 2.55 bits per heavy atom. The SMILES string of the molecule is CCc1c(C)nc(-c2ccc(Cl)s2)nc1N(N)c1ccc(Cc2nn[nH]n2)cc1. The van der Waals surface area contributed by atoms with E-state index in [0.29, 0.717) is 28.2 Å². The predicted octanol–water partition coefficient (Wildman–Crippen LogP) is 3.85. The van der Waals surface area contributed by atoms with Crippen LogP contribution in [0.4, 0.5) is 11.5 Å². The third kappa shape index (κ3) is 4.12. The summed E-state index contributed by atoms with van der Waals surface area (Å²) in [6, 6.07) is 11.7. The van der Waals surface area contributed by atoms with Crippen molar-refractivity contribution in [3.8, 4) is 10.7 Å². The highest BCUT2D eigenvalue weighted by Gasteiger charge is 2.18. The van der Waals surface area contributed by atoms with Crippen LogP contribution in [0.3, 0.4) is 0 Å². The van der Waals surface area contributed by atoms with Gasteiger partial charge in [0.25, 0.3) is 0 Å². The van der Waals surface area contributed by atoms with E-state index in [9.17, 15) is 0 Å². The van der Waals surface area contributed by atoms with E-state index < -0.39 is 0 Å². The average Bonchev–Trinajstić information content (AvgIpc) is 3.39. The molecule has 0 fully saturated rings. The van der Waals surface area contributed by atoms with E-state index in [4.69, 9.17) is 22.4 Å². The van der Waals surface area contributed by atoms with Crippen LogP contribution in [0.25, 0.3) is 10.7 Å². The van der Waals surface area contributed by atoms with E-state index in [0.717, 1.165) is 33.8 Å². The molecule has 0 aliphatic carbocycles. The van der Waals surface area contributed by atoms with Crippen molar-refractivity contribution in [3.63, 3.8) is 0 Å². The van der Waals surface area contributed by atoms with Crippen LogP contribution in [0.15, 0.2) is 36.4 Å². The van der Waals surface area contributed by atoms with Crippen molar-refractivity contribution in [2.24, 2.45) is 5.84 Å². The lowest BCUT2D eigenvalue weighted by molar-refractivity contribution is 0.881. The van der Waals surface area contributed by atoms with Crippen molar-refractivity contribution in [3.05, 3.63) is 63.4 Å². The lowest BCUT2D eigenvalue weighted by Gasteiger charge is -2.22. The van der Waals surface area contributed by atoms with Gasteiger partial charge in [0, 0.05) is 17.7 Å². The zero-order valence-corrected chi connectivity index (χ0v) is 17.5. The van der Waals surface area contributed by atoms with Gasteiger partial charge < -0.3 is 0 Å². The molecule has 0 amide bonds. The standard InChI is InChI=1S/C19H19ClN8S/c1-3-14-11(2)22-18(15-8-9-16(20)29-15)23-19(14)28(21)13-6-4-12(5-7-13)10-17-24-26-27-25-17/h4-9H,3,10,21H2,1-2H3,(H,24,25,26,27). The summed E-state index contributed by atoms with van der Waals surface area (Å²) in [5, 5.41) is 15.6. The van der Waals surface area contributed by atoms with Crippen molar-refractivity contribution in [2.75, 3.05) is 5.01 Å². The van der Waals surface area contributed by atoms with Crippen LogP contribution in [0.5, 0.6) is 0 Å². The molecule has 0 aliphatic rings. The number of anilines is 2. The Labute approximate surface area is 176 Å². The molecule has 3 heterocycles. The smallest absolute Gasteiger partial charge is 0.178 e. The third-order valence-corrected chi connectivity index (χ3v) is 5.76. The summed E-state index contributed by atoms with van der Waals surface area (Å²) in [5.74, 6) is 8.43. The third-order valence-electron chi connectivity index (χ3n) is 4.53. The molecule has 0 spiro atoms.